The highest BCUT2D eigenvalue weighted by Crippen LogP contribution is 2.19. The average molecular weight is 424 g/mol. The number of hydrogen-bond acceptors (Lipinski definition) is 3. The average Bonchev–Trinajstić information content (AvgIpc) is 3.18. The number of hydrogen-bond donors (Lipinski definition) is 1. The van der Waals surface area contributed by atoms with Gasteiger partial charge in [-0.2, -0.15) is 5.10 Å². The molecule has 0 fully saturated rings. The molecule has 6 nitrogen and oxygen atoms in total. The summed E-state index contributed by atoms with van der Waals surface area (Å²) in [5.41, 5.74) is 0.111. The lowest BCUT2D eigenvalue weighted by molar-refractivity contribution is -0.117. The molecular weight excluding hydrogens is 409 g/mol. The van der Waals surface area contributed by atoms with Gasteiger partial charge in [-0.1, -0.05) is 22.9 Å². The quantitative estimate of drug-likeness (QED) is 0.637. The Kier molecular flexibility index (Phi) is 5.14. The first-order valence-electron chi connectivity index (χ1n) is 7.57. The minimum atomic E-state index is -0.515. The molecule has 0 aliphatic heterocycles. The fourth-order valence-corrected chi connectivity index (χ4v) is 3.01. The van der Waals surface area contributed by atoms with Crippen molar-refractivity contribution in [1.82, 2.24) is 19.1 Å². The summed E-state index contributed by atoms with van der Waals surface area (Å²) in [5.74, 6) is -0.195. The first kappa shape index (κ1) is 17.6. The zero-order chi connectivity index (χ0) is 18.0. The van der Waals surface area contributed by atoms with E-state index in [1.165, 1.54) is 16.8 Å². The summed E-state index contributed by atoms with van der Waals surface area (Å²) in [6, 6.07) is 8.19. The predicted molar refractivity (Wildman–Crippen MR) is 98.4 cm³/mol. The molecule has 3 rings (SSSR count). The molecule has 9 heteroatoms. The van der Waals surface area contributed by atoms with Gasteiger partial charge >= 0.3 is 0 Å². The number of carbonyl (C=O) groups excluding carboxylic acids is 1. The van der Waals surface area contributed by atoms with Crippen molar-refractivity contribution in [2.24, 2.45) is 0 Å². The molecule has 25 heavy (non-hydrogen) atoms. The third-order valence-electron chi connectivity index (χ3n) is 3.52. The molecule has 3 aromatic rings. The molecule has 0 aliphatic carbocycles. The molecule has 2 heterocycles. The molecule has 0 unspecified atom stereocenters. The molecule has 0 saturated carbocycles. The Labute approximate surface area is 157 Å². The van der Waals surface area contributed by atoms with Crippen molar-refractivity contribution in [3.63, 3.8) is 0 Å². The molecule has 0 radical (unpaired) electrons. The molecule has 0 saturated heterocycles. The molecule has 0 bridgehead atoms. The summed E-state index contributed by atoms with van der Waals surface area (Å²) in [5, 5.41) is 6.93. The Morgan fingerprint density at radius 2 is 2.08 bits per heavy atom. The van der Waals surface area contributed by atoms with Gasteiger partial charge < -0.3 is 5.32 Å². The zero-order valence-corrected chi connectivity index (χ0v) is 15.7. The number of rotatable bonds is 5. The lowest BCUT2D eigenvalue weighted by atomic mass is 10.3. The van der Waals surface area contributed by atoms with Crippen molar-refractivity contribution in [2.75, 3.05) is 5.32 Å². The Morgan fingerprint density at radius 3 is 2.72 bits per heavy atom. The van der Waals surface area contributed by atoms with Gasteiger partial charge in [-0.3, -0.25) is 9.47 Å². The summed E-state index contributed by atoms with van der Waals surface area (Å²) in [6.07, 6.45) is 4.34. The Bertz CT molecular complexity index is 964. The number of anilines is 1. The van der Waals surface area contributed by atoms with E-state index in [4.69, 9.17) is 12.2 Å². The normalized spacial score (nSPS) is 10.8. The molecule has 0 spiro atoms. The Morgan fingerprint density at radius 1 is 1.36 bits per heavy atom. The third-order valence-corrected chi connectivity index (χ3v) is 4.39. The zero-order valence-electron chi connectivity index (χ0n) is 13.3. The van der Waals surface area contributed by atoms with Crippen LogP contribution in [0.1, 0.15) is 12.7 Å². The minimum absolute atomic E-state index is 0.102. The maximum absolute atomic E-state index is 13.8. The van der Waals surface area contributed by atoms with Crippen LogP contribution in [-0.4, -0.2) is 25.0 Å². The van der Waals surface area contributed by atoms with Crippen LogP contribution >= 0.6 is 28.1 Å². The highest BCUT2D eigenvalue weighted by molar-refractivity contribution is 9.10. The van der Waals surface area contributed by atoms with Crippen LogP contribution in [-0.2, 0) is 17.8 Å². The number of benzene rings is 1. The molecular formula is C16H15BrFN5OS. The topological polar surface area (TPSA) is 56.8 Å². The van der Waals surface area contributed by atoms with Gasteiger partial charge in [0.15, 0.2) is 5.82 Å². The second-order valence-electron chi connectivity index (χ2n) is 5.26. The van der Waals surface area contributed by atoms with Crippen molar-refractivity contribution in [2.45, 2.75) is 19.9 Å². The molecule has 1 N–H and O–H groups in total. The van der Waals surface area contributed by atoms with Gasteiger partial charge in [0.2, 0.25) is 10.7 Å². The number of amides is 1. The van der Waals surface area contributed by atoms with Crippen LogP contribution < -0.4 is 5.32 Å². The van der Waals surface area contributed by atoms with Crippen molar-refractivity contribution >= 4 is 39.7 Å². The van der Waals surface area contributed by atoms with E-state index in [0.717, 1.165) is 5.82 Å². The van der Waals surface area contributed by atoms with Gasteiger partial charge in [0.25, 0.3) is 0 Å². The van der Waals surface area contributed by atoms with Gasteiger partial charge in [-0.25, -0.2) is 13.7 Å². The number of nitrogens with zero attached hydrogens (tertiary/aromatic N) is 4. The lowest BCUT2D eigenvalue weighted by Gasteiger charge is -2.07. The van der Waals surface area contributed by atoms with E-state index in [1.54, 1.807) is 15.4 Å². The summed E-state index contributed by atoms with van der Waals surface area (Å²) in [4.78, 5) is 12.3. The van der Waals surface area contributed by atoms with Gasteiger partial charge in [0, 0.05) is 23.3 Å². The van der Waals surface area contributed by atoms with Crippen molar-refractivity contribution in [3.05, 3.63) is 63.6 Å². The van der Waals surface area contributed by atoms with E-state index >= 15 is 0 Å². The van der Waals surface area contributed by atoms with Crippen molar-refractivity contribution in [3.8, 4) is 0 Å². The highest BCUT2D eigenvalue weighted by atomic mass is 79.9. The first-order chi connectivity index (χ1) is 12.0. The van der Waals surface area contributed by atoms with E-state index in [-0.39, 0.29) is 12.2 Å². The van der Waals surface area contributed by atoms with Crippen LogP contribution in [0.25, 0.3) is 0 Å². The van der Waals surface area contributed by atoms with Crippen LogP contribution in [0.2, 0.25) is 0 Å². The first-order valence-corrected chi connectivity index (χ1v) is 8.77. The van der Waals surface area contributed by atoms with Gasteiger partial charge in [0.05, 0.1) is 5.69 Å². The van der Waals surface area contributed by atoms with Crippen LogP contribution in [0.15, 0.2) is 47.2 Å². The summed E-state index contributed by atoms with van der Waals surface area (Å²) >= 11 is 8.61. The van der Waals surface area contributed by atoms with E-state index in [1.807, 2.05) is 31.5 Å². The fourth-order valence-electron chi connectivity index (χ4n) is 2.38. The second-order valence-corrected chi connectivity index (χ2v) is 6.54. The standard InChI is InChI=1S/C16H15BrFN5OS/c1-2-14-20-22(16(25)23(14)21-7-3-4-8-21)10-15(24)19-13-6-5-11(17)9-12(13)18/h3-9H,2,10H2,1H3,(H,19,24). The summed E-state index contributed by atoms with van der Waals surface area (Å²) in [7, 11) is 0. The molecule has 130 valence electrons. The largest absolute Gasteiger partial charge is 0.322 e. The van der Waals surface area contributed by atoms with Gasteiger partial charge in [-0.05, 0) is 42.5 Å². The lowest BCUT2D eigenvalue weighted by Crippen LogP contribution is -2.20. The fraction of sp³-hybridized carbons (Fsp3) is 0.188. The van der Waals surface area contributed by atoms with Crippen molar-refractivity contribution in [1.29, 1.82) is 0 Å². The number of halogens is 2. The second kappa shape index (κ2) is 7.32. The predicted octanol–water partition coefficient (Wildman–Crippen LogP) is 3.63. The van der Waals surface area contributed by atoms with E-state index in [0.29, 0.717) is 15.7 Å². The maximum atomic E-state index is 13.8. The highest BCUT2D eigenvalue weighted by Gasteiger charge is 2.14. The van der Waals surface area contributed by atoms with Crippen LogP contribution in [0.3, 0.4) is 0 Å². The number of nitrogens with one attached hydrogen (secondary N) is 1. The SMILES string of the molecule is CCc1nn(CC(=O)Nc2ccc(Br)cc2F)c(=S)n1-n1cccc1. The number of aromatic nitrogens is 4. The minimum Gasteiger partial charge on any atom is -0.322 e. The van der Waals surface area contributed by atoms with E-state index < -0.39 is 11.7 Å². The van der Waals surface area contributed by atoms with Crippen LogP contribution in [0.4, 0.5) is 10.1 Å². The van der Waals surface area contributed by atoms with Crippen LogP contribution in [0.5, 0.6) is 0 Å². The van der Waals surface area contributed by atoms with Gasteiger partial charge in [0.1, 0.15) is 12.4 Å². The monoisotopic (exact) mass is 423 g/mol. The number of aryl methyl sites for hydroxylation is 1. The maximum Gasteiger partial charge on any atom is 0.246 e. The Hall–Kier alpha value is -2.26. The molecule has 1 amide bonds. The molecule has 0 atom stereocenters. The molecule has 1 aromatic carbocycles. The van der Waals surface area contributed by atoms with Crippen LogP contribution in [0, 0.1) is 10.6 Å². The number of carbonyl (C=O) groups is 1. The summed E-state index contributed by atoms with van der Waals surface area (Å²) < 4.78 is 19.8. The molecule has 2 aromatic heterocycles. The summed E-state index contributed by atoms with van der Waals surface area (Å²) in [6.45, 7) is 1.86. The van der Waals surface area contributed by atoms with Gasteiger partial charge in [-0.15, -0.1) is 0 Å². The van der Waals surface area contributed by atoms with E-state index in [2.05, 4.69) is 26.3 Å². The van der Waals surface area contributed by atoms with Crippen molar-refractivity contribution < 1.29 is 9.18 Å². The molecule has 0 aliphatic rings. The Balaban J connectivity index is 1.83. The smallest absolute Gasteiger partial charge is 0.246 e. The van der Waals surface area contributed by atoms with E-state index in [9.17, 15) is 9.18 Å². The third kappa shape index (κ3) is 3.72.